The molecule has 0 aromatic heterocycles. The Balaban J connectivity index is 0.000000762. The van der Waals surface area contributed by atoms with E-state index in [0.29, 0.717) is 35.8 Å². The van der Waals surface area contributed by atoms with Crippen molar-refractivity contribution in [3.8, 4) is 12.1 Å². The summed E-state index contributed by atoms with van der Waals surface area (Å²) in [5.41, 5.74) is 5.76. The fraction of sp³-hybridized carbons (Fsp3) is 0.964. The van der Waals surface area contributed by atoms with Crippen LogP contribution in [0.15, 0.2) is 0 Å². The highest BCUT2D eigenvalue weighted by Crippen LogP contribution is 2.41. The fourth-order valence-corrected chi connectivity index (χ4v) is 10.5. The first-order chi connectivity index (χ1) is 30.6. The Labute approximate surface area is 416 Å². The normalized spacial score (nSPS) is 29.8. The molecule has 67 heavy (non-hydrogen) atoms. The molecule has 4 aliphatic heterocycles. The first kappa shape index (κ1) is 65.9. The lowest BCUT2D eigenvalue weighted by atomic mass is 9.93. The summed E-state index contributed by atoms with van der Waals surface area (Å²) < 4.78 is 15.7. The predicted octanol–water partition coefficient (Wildman–Crippen LogP) is 11.5. The molecule has 0 aromatic rings. The van der Waals surface area contributed by atoms with Gasteiger partial charge in [0.25, 0.3) is 0 Å². The van der Waals surface area contributed by atoms with E-state index in [1.807, 2.05) is 0 Å². The molecule has 7 aliphatic rings. The van der Waals surface area contributed by atoms with Crippen LogP contribution in [-0.2, 0) is 9.09 Å². The Morgan fingerprint density at radius 3 is 1.16 bits per heavy atom. The Kier molecular flexibility index (Phi) is 32.2. The lowest BCUT2D eigenvalue weighted by molar-refractivity contribution is -0.00458. The van der Waals surface area contributed by atoms with Crippen molar-refractivity contribution in [3.05, 3.63) is 0 Å². The average molecular weight is 967 g/mol. The number of hydrogen-bond acceptors (Lipinski definition) is 10. The molecule has 0 radical (unpaired) electrons. The minimum atomic E-state index is -3.27. The highest BCUT2D eigenvalue weighted by Gasteiger charge is 2.35. The number of hydrogen-bond donors (Lipinski definition) is 3. The van der Waals surface area contributed by atoms with Crippen LogP contribution in [0, 0.1) is 87.8 Å². The SMILES string of the molecule is C.CC(C)C1CC[C@H](N)C1.CC(C)C1C[C@@H](C#N)[C@@H](C)C1.CC(C)C1C[C@@H](O)[C@@H](C#N)C1.CC(C)N1CC(OP(C)(=O)O)C1.CC(C)N1CCC1.CC1CN(C(C)C)C1.CC1CN(C(C)C)C1. The van der Waals surface area contributed by atoms with E-state index in [1.165, 1.54) is 78.0 Å². The molecule has 3 saturated carbocycles. The van der Waals surface area contributed by atoms with Crippen molar-refractivity contribution in [3.63, 3.8) is 0 Å². The third-order valence-electron chi connectivity index (χ3n) is 15.4. The number of rotatable bonds is 9. The van der Waals surface area contributed by atoms with Crippen LogP contribution in [0.3, 0.4) is 0 Å². The maximum absolute atomic E-state index is 10.8. The highest BCUT2D eigenvalue weighted by atomic mass is 31.2. The van der Waals surface area contributed by atoms with Crippen LogP contribution < -0.4 is 5.73 Å². The lowest BCUT2D eigenvalue weighted by Gasteiger charge is -2.41. The molecule has 396 valence electrons. The van der Waals surface area contributed by atoms with E-state index in [4.69, 9.17) is 25.7 Å². The zero-order valence-electron chi connectivity index (χ0n) is 46.1. The molecular formula is C55H112N7O4P. The molecule has 3 aliphatic carbocycles. The molecule has 0 amide bonds. The van der Waals surface area contributed by atoms with Crippen LogP contribution in [0.2, 0.25) is 0 Å². The lowest BCUT2D eigenvalue weighted by Crippen LogP contribution is -2.54. The second-order valence-electron chi connectivity index (χ2n) is 23.9. The number of nitrogens with two attached hydrogens (primary N) is 1. The van der Waals surface area contributed by atoms with E-state index in [-0.39, 0.29) is 25.6 Å². The summed E-state index contributed by atoms with van der Waals surface area (Å²) in [6, 6.07) is 7.88. The Hall–Kier alpha value is -1.11. The summed E-state index contributed by atoms with van der Waals surface area (Å²) in [6.45, 7) is 48.6. The smallest absolute Gasteiger partial charge is 0.325 e. The van der Waals surface area contributed by atoms with Gasteiger partial charge in [0, 0.05) is 82.1 Å². The van der Waals surface area contributed by atoms with Gasteiger partial charge in [-0.05, 0) is 173 Å². The van der Waals surface area contributed by atoms with Crippen LogP contribution in [0.25, 0.3) is 0 Å². The molecule has 9 atom stereocenters. The molecule has 4 unspecified atom stereocenters. The molecule has 12 heteroatoms. The van der Waals surface area contributed by atoms with Crippen molar-refractivity contribution in [2.75, 3.05) is 59.0 Å². The van der Waals surface area contributed by atoms with Gasteiger partial charge in [-0.1, -0.05) is 69.7 Å². The van der Waals surface area contributed by atoms with E-state index >= 15 is 0 Å². The summed E-state index contributed by atoms with van der Waals surface area (Å²) in [6.07, 6.45) is 8.97. The van der Waals surface area contributed by atoms with Gasteiger partial charge in [0.05, 0.1) is 30.3 Å². The van der Waals surface area contributed by atoms with Crippen molar-refractivity contribution >= 4 is 7.60 Å². The van der Waals surface area contributed by atoms with Gasteiger partial charge in [-0.3, -0.25) is 9.46 Å². The summed E-state index contributed by atoms with van der Waals surface area (Å²) in [4.78, 5) is 18.5. The molecule has 0 bridgehead atoms. The van der Waals surface area contributed by atoms with Gasteiger partial charge in [0.1, 0.15) is 0 Å². The minimum Gasteiger partial charge on any atom is -0.392 e. The molecule has 4 saturated heterocycles. The Morgan fingerprint density at radius 2 is 0.970 bits per heavy atom. The van der Waals surface area contributed by atoms with Crippen molar-refractivity contribution in [2.45, 2.75) is 219 Å². The monoisotopic (exact) mass is 966 g/mol. The fourth-order valence-electron chi connectivity index (χ4n) is 9.85. The van der Waals surface area contributed by atoms with Crippen LogP contribution in [0.1, 0.15) is 176 Å². The standard InChI is InChI=1S/C10H17N.C9H15NO.C8H17N.C7H16NO3P.2C7H15N.C6H13N.CH4/c1-7(2)9-4-8(3)10(5-9)6-11;1-6(2)7-3-8(5-10)9(11)4-7;1-6(2)7-3-4-8(9)5-7;1-6(2)8-4-7(5-8)11-12(3,9)10;2*1-6(2)8-4-7(3)5-8;1-6(2)7-4-3-5-7;/h7-10H,4-5H2,1-3H3;6-9,11H,3-4H2,1-2H3;6-8H,3-5,9H2,1-2H3;6-7H,4-5H2,1-3H3,(H,9,10);2*6-7H,4-5H2,1-3H3;6H,3-5H2,1-2H3;1H4/t8-,9?,10-;7?,8-,9-;7?,8-;;;;;/m010...../s1. The Morgan fingerprint density at radius 1 is 0.582 bits per heavy atom. The average Bonchev–Trinajstić information content (AvgIpc) is 3.88. The molecule has 0 spiro atoms. The van der Waals surface area contributed by atoms with E-state index in [2.05, 4.69) is 149 Å². The second kappa shape index (κ2) is 32.8. The number of likely N-dealkylation sites (tertiary alicyclic amines) is 4. The number of aliphatic hydroxyl groups excluding tert-OH is 1. The molecule has 4 heterocycles. The van der Waals surface area contributed by atoms with E-state index in [9.17, 15) is 9.67 Å². The topological polar surface area (TPSA) is 153 Å². The first-order valence-corrected chi connectivity index (χ1v) is 28.8. The third-order valence-corrected chi connectivity index (χ3v) is 16.1. The van der Waals surface area contributed by atoms with Crippen LogP contribution in [0.4, 0.5) is 0 Å². The largest absolute Gasteiger partial charge is 0.392 e. The van der Waals surface area contributed by atoms with Gasteiger partial charge in [-0.15, -0.1) is 0 Å². The summed E-state index contributed by atoms with van der Waals surface area (Å²) in [5.74, 6) is 7.24. The molecule has 7 fully saturated rings. The van der Waals surface area contributed by atoms with Gasteiger partial charge >= 0.3 is 7.60 Å². The zero-order valence-corrected chi connectivity index (χ0v) is 47.0. The van der Waals surface area contributed by atoms with Crippen molar-refractivity contribution in [1.29, 1.82) is 10.5 Å². The third kappa shape index (κ3) is 26.2. The van der Waals surface area contributed by atoms with Gasteiger partial charge in [-0.25, -0.2) is 0 Å². The molecule has 4 N–H and O–H groups in total. The van der Waals surface area contributed by atoms with E-state index in [1.54, 1.807) is 0 Å². The van der Waals surface area contributed by atoms with Gasteiger partial charge < -0.3 is 35.0 Å². The van der Waals surface area contributed by atoms with E-state index in [0.717, 1.165) is 86.0 Å². The van der Waals surface area contributed by atoms with Crippen molar-refractivity contribution in [1.82, 2.24) is 19.6 Å². The molecule has 11 nitrogen and oxygen atoms in total. The molecule has 0 aromatic carbocycles. The zero-order chi connectivity index (χ0) is 50.6. The summed E-state index contributed by atoms with van der Waals surface area (Å²) >= 11 is 0. The number of nitriles is 2. The quantitative estimate of drug-likeness (QED) is 0.189. The highest BCUT2D eigenvalue weighted by molar-refractivity contribution is 7.51. The molecule has 7 rings (SSSR count). The summed E-state index contributed by atoms with van der Waals surface area (Å²) in [5, 5.41) is 26.8. The number of nitrogens with zero attached hydrogens (tertiary/aromatic N) is 6. The predicted molar refractivity (Wildman–Crippen MR) is 286 cm³/mol. The summed E-state index contributed by atoms with van der Waals surface area (Å²) in [7, 11) is -3.27. The first-order valence-electron chi connectivity index (χ1n) is 26.8. The van der Waals surface area contributed by atoms with Crippen LogP contribution in [-0.4, -0.2) is 131 Å². The maximum Gasteiger partial charge on any atom is 0.325 e. The maximum atomic E-state index is 10.8. The second-order valence-corrected chi connectivity index (χ2v) is 25.7. The van der Waals surface area contributed by atoms with Crippen LogP contribution in [0.5, 0.6) is 0 Å². The van der Waals surface area contributed by atoms with Crippen LogP contribution >= 0.6 is 7.60 Å². The van der Waals surface area contributed by atoms with Crippen molar-refractivity contribution < 1.29 is 19.1 Å². The van der Waals surface area contributed by atoms with Gasteiger partial charge in [-0.2, -0.15) is 10.5 Å². The Bertz CT molecular complexity index is 1340. The van der Waals surface area contributed by atoms with E-state index < -0.39 is 7.60 Å². The van der Waals surface area contributed by atoms with Gasteiger partial charge in [0.2, 0.25) is 0 Å². The van der Waals surface area contributed by atoms with Gasteiger partial charge in [0.15, 0.2) is 0 Å². The minimum absolute atomic E-state index is 0. The van der Waals surface area contributed by atoms with Crippen molar-refractivity contribution in [2.24, 2.45) is 70.8 Å². The molecular weight excluding hydrogens is 854 g/mol. The number of aliphatic hydroxyl groups is 1.